The number of aromatic nitrogens is 1. The van der Waals surface area contributed by atoms with Crippen LogP contribution >= 0.6 is 11.3 Å². The average molecular weight is 294 g/mol. The van der Waals surface area contributed by atoms with Gasteiger partial charge in [-0.05, 0) is 19.4 Å². The Bertz CT molecular complexity index is 730. The number of rotatable bonds is 3. The molecular weight excluding hydrogens is 276 g/mol. The molecule has 3 aromatic rings. The molecule has 0 aliphatic heterocycles. The Morgan fingerprint density at radius 1 is 0.952 bits per heavy atom. The Balaban J connectivity index is 1.96. The molecule has 0 saturated heterocycles. The predicted molar refractivity (Wildman–Crippen MR) is 89.5 cm³/mol. The molecule has 0 spiro atoms. The van der Waals surface area contributed by atoms with E-state index in [1.165, 1.54) is 10.4 Å². The zero-order valence-corrected chi connectivity index (χ0v) is 13.0. The van der Waals surface area contributed by atoms with Crippen molar-refractivity contribution in [3.8, 4) is 11.3 Å². The number of thiazole rings is 1. The fourth-order valence-corrected chi connectivity index (χ4v) is 3.31. The molecular formula is C18H18N2S. The first kappa shape index (κ1) is 14.0. The molecule has 21 heavy (non-hydrogen) atoms. The molecule has 0 aliphatic rings. The van der Waals surface area contributed by atoms with Gasteiger partial charge in [-0.1, -0.05) is 60.2 Å². The summed E-state index contributed by atoms with van der Waals surface area (Å²) in [7, 11) is 0. The summed E-state index contributed by atoms with van der Waals surface area (Å²) >= 11 is 1.68. The van der Waals surface area contributed by atoms with E-state index >= 15 is 0 Å². The van der Waals surface area contributed by atoms with Crippen LogP contribution < -0.4 is 5.73 Å². The van der Waals surface area contributed by atoms with Gasteiger partial charge >= 0.3 is 0 Å². The molecule has 0 fully saturated rings. The van der Waals surface area contributed by atoms with E-state index in [4.69, 9.17) is 10.7 Å². The Hall–Kier alpha value is -1.97. The first-order valence-electron chi connectivity index (χ1n) is 7.00. The summed E-state index contributed by atoms with van der Waals surface area (Å²) in [6.45, 7) is 4.20. The Morgan fingerprint density at radius 3 is 2.29 bits per heavy atom. The molecule has 3 heteroatoms. The summed E-state index contributed by atoms with van der Waals surface area (Å²) in [5.74, 6) is 0. The van der Waals surface area contributed by atoms with Crippen molar-refractivity contribution in [1.82, 2.24) is 4.98 Å². The smallest absolute Gasteiger partial charge is 0.115 e. The van der Waals surface area contributed by atoms with Crippen LogP contribution in [0.15, 0.2) is 54.6 Å². The van der Waals surface area contributed by atoms with Crippen LogP contribution in [0.1, 0.15) is 27.1 Å². The number of aryl methyl sites for hydroxylation is 2. The molecule has 106 valence electrons. The van der Waals surface area contributed by atoms with E-state index in [2.05, 4.69) is 38.1 Å². The molecule has 0 bridgehead atoms. The number of hydrogen-bond donors (Lipinski definition) is 1. The second-order valence-corrected chi connectivity index (χ2v) is 6.45. The normalized spacial score (nSPS) is 12.3. The van der Waals surface area contributed by atoms with E-state index in [1.807, 2.05) is 30.3 Å². The van der Waals surface area contributed by atoms with Crippen molar-refractivity contribution < 1.29 is 0 Å². The molecule has 1 heterocycles. The largest absolute Gasteiger partial charge is 0.318 e. The summed E-state index contributed by atoms with van der Waals surface area (Å²) in [6.07, 6.45) is 0. The van der Waals surface area contributed by atoms with Gasteiger partial charge in [0.1, 0.15) is 5.01 Å². The first-order valence-corrected chi connectivity index (χ1v) is 7.81. The minimum absolute atomic E-state index is 0.158. The van der Waals surface area contributed by atoms with Crippen LogP contribution in [0.25, 0.3) is 11.3 Å². The highest BCUT2D eigenvalue weighted by molar-refractivity contribution is 7.12. The van der Waals surface area contributed by atoms with Crippen LogP contribution in [0.4, 0.5) is 0 Å². The van der Waals surface area contributed by atoms with Gasteiger partial charge in [-0.2, -0.15) is 0 Å². The molecule has 2 nitrogen and oxygen atoms in total. The quantitative estimate of drug-likeness (QED) is 0.773. The van der Waals surface area contributed by atoms with Crippen LogP contribution in [0.5, 0.6) is 0 Å². The van der Waals surface area contributed by atoms with Gasteiger partial charge in [0.15, 0.2) is 0 Å². The second-order valence-electron chi connectivity index (χ2n) is 5.21. The van der Waals surface area contributed by atoms with Gasteiger partial charge in [-0.3, -0.25) is 0 Å². The van der Waals surface area contributed by atoms with Crippen molar-refractivity contribution in [1.29, 1.82) is 0 Å². The third-order valence-corrected chi connectivity index (χ3v) is 4.62. The standard InChI is InChI=1S/C18H18N2S/c1-12-8-10-15(11-9-12)17-13(2)21-18(20-17)16(19)14-6-4-3-5-7-14/h3-11,16H,19H2,1-2H3. The zero-order chi connectivity index (χ0) is 14.8. The summed E-state index contributed by atoms with van der Waals surface area (Å²) < 4.78 is 0. The second kappa shape index (κ2) is 5.80. The lowest BCUT2D eigenvalue weighted by atomic mass is 10.1. The lowest BCUT2D eigenvalue weighted by molar-refractivity contribution is 0.859. The van der Waals surface area contributed by atoms with Crippen LogP contribution in [-0.2, 0) is 0 Å². The van der Waals surface area contributed by atoms with E-state index in [-0.39, 0.29) is 6.04 Å². The van der Waals surface area contributed by atoms with Crippen molar-refractivity contribution >= 4 is 11.3 Å². The highest BCUT2D eigenvalue weighted by Crippen LogP contribution is 2.32. The SMILES string of the molecule is Cc1ccc(-c2nc(C(N)c3ccccc3)sc2C)cc1. The number of benzene rings is 2. The van der Waals surface area contributed by atoms with Crippen molar-refractivity contribution in [2.75, 3.05) is 0 Å². The summed E-state index contributed by atoms with van der Waals surface area (Å²) in [5, 5.41) is 0.967. The monoisotopic (exact) mass is 294 g/mol. The Morgan fingerprint density at radius 2 is 1.62 bits per heavy atom. The van der Waals surface area contributed by atoms with Crippen LogP contribution in [-0.4, -0.2) is 4.98 Å². The molecule has 1 atom stereocenters. The maximum absolute atomic E-state index is 6.35. The third-order valence-electron chi connectivity index (χ3n) is 3.56. The molecule has 1 aromatic heterocycles. The third kappa shape index (κ3) is 2.89. The fourth-order valence-electron chi connectivity index (χ4n) is 2.33. The molecule has 0 aliphatic carbocycles. The van der Waals surface area contributed by atoms with Crippen molar-refractivity contribution in [2.45, 2.75) is 19.9 Å². The van der Waals surface area contributed by atoms with E-state index in [1.54, 1.807) is 11.3 Å². The molecule has 3 rings (SSSR count). The molecule has 2 aromatic carbocycles. The number of hydrogen-bond acceptors (Lipinski definition) is 3. The molecule has 0 saturated carbocycles. The van der Waals surface area contributed by atoms with Crippen LogP contribution in [0.3, 0.4) is 0 Å². The van der Waals surface area contributed by atoms with Gasteiger partial charge in [-0.25, -0.2) is 4.98 Å². The van der Waals surface area contributed by atoms with Gasteiger partial charge in [-0.15, -0.1) is 11.3 Å². The molecule has 0 radical (unpaired) electrons. The Labute approximate surface area is 129 Å². The zero-order valence-electron chi connectivity index (χ0n) is 12.2. The fraction of sp³-hybridized carbons (Fsp3) is 0.167. The number of nitrogens with two attached hydrogens (primary N) is 1. The van der Waals surface area contributed by atoms with Crippen molar-refractivity contribution in [3.63, 3.8) is 0 Å². The topological polar surface area (TPSA) is 38.9 Å². The lowest BCUT2D eigenvalue weighted by Gasteiger charge is -2.08. The van der Waals surface area contributed by atoms with E-state index in [0.29, 0.717) is 0 Å². The highest BCUT2D eigenvalue weighted by Gasteiger charge is 2.16. The minimum atomic E-state index is -0.158. The van der Waals surface area contributed by atoms with Crippen molar-refractivity contribution in [2.24, 2.45) is 5.73 Å². The van der Waals surface area contributed by atoms with Crippen molar-refractivity contribution in [3.05, 3.63) is 75.6 Å². The lowest BCUT2D eigenvalue weighted by Crippen LogP contribution is -2.11. The Kier molecular flexibility index (Phi) is 3.86. The highest BCUT2D eigenvalue weighted by atomic mass is 32.1. The van der Waals surface area contributed by atoms with E-state index in [0.717, 1.165) is 21.8 Å². The van der Waals surface area contributed by atoms with Gasteiger partial charge in [0.2, 0.25) is 0 Å². The van der Waals surface area contributed by atoms with Gasteiger partial charge in [0.05, 0.1) is 11.7 Å². The molecule has 1 unspecified atom stereocenters. The number of nitrogens with zero attached hydrogens (tertiary/aromatic N) is 1. The van der Waals surface area contributed by atoms with Crippen LogP contribution in [0.2, 0.25) is 0 Å². The van der Waals surface area contributed by atoms with Gasteiger partial charge in [0, 0.05) is 10.4 Å². The maximum Gasteiger partial charge on any atom is 0.115 e. The molecule has 0 amide bonds. The summed E-state index contributed by atoms with van der Waals surface area (Å²) in [4.78, 5) is 5.99. The van der Waals surface area contributed by atoms with E-state index in [9.17, 15) is 0 Å². The van der Waals surface area contributed by atoms with Crippen LogP contribution in [0, 0.1) is 13.8 Å². The van der Waals surface area contributed by atoms with Gasteiger partial charge < -0.3 is 5.73 Å². The first-order chi connectivity index (χ1) is 10.1. The minimum Gasteiger partial charge on any atom is -0.318 e. The average Bonchev–Trinajstić information content (AvgIpc) is 2.90. The summed E-state index contributed by atoms with van der Waals surface area (Å²) in [5.41, 5.74) is 10.9. The van der Waals surface area contributed by atoms with E-state index < -0.39 is 0 Å². The summed E-state index contributed by atoms with van der Waals surface area (Å²) in [6, 6.07) is 18.4. The maximum atomic E-state index is 6.35. The predicted octanol–water partition coefficient (Wildman–Crippen LogP) is 4.48. The molecule has 2 N–H and O–H groups in total. The van der Waals surface area contributed by atoms with Gasteiger partial charge in [0.25, 0.3) is 0 Å².